The van der Waals surface area contributed by atoms with Gasteiger partial charge in [0.25, 0.3) is 0 Å². The van der Waals surface area contributed by atoms with Crippen LogP contribution >= 0.6 is 0 Å². The number of aliphatic carboxylic acids is 1. The molecule has 6 heteroatoms. The lowest BCUT2D eigenvalue weighted by Gasteiger charge is -2.12. The van der Waals surface area contributed by atoms with Gasteiger partial charge in [-0.05, 0) is 30.7 Å². The minimum Gasteiger partial charge on any atom is -0.480 e. The minimum atomic E-state index is -1.04. The monoisotopic (exact) mass is 352 g/mol. The SMILES string of the molecule is C=CCC(NCC(=O)Nc1ccc(C(=O)c2ccccc2)cc1)C(=O)O. The van der Waals surface area contributed by atoms with Crippen LogP contribution in [-0.2, 0) is 9.59 Å². The first-order valence-electron chi connectivity index (χ1n) is 8.08. The Morgan fingerprint density at radius 3 is 2.19 bits per heavy atom. The zero-order chi connectivity index (χ0) is 18.9. The second-order valence-electron chi connectivity index (χ2n) is 5.62. The molecule has 0 aromatic heterocycles. The maximum absolute atomic E-state index is 12.3. The van der Waals surface area contributed by atoms with Crippen LogP contribution in [-0.4, -0.2) is 35.4 Å². The summed E-state index contributed by atoms with van der Waals surface area (Å²) in [5.41, 5.74) is 1.64. The van der Waals surface area contributed by atoms with Gasteiger partial charge in [0.2, 0.25) is 5.91 Å². The van der Waals surface area contributed by atoms with Gasteiger partial charge in [-0.1, -0.05) is 36.4 Å². The molecule has 0 aliphatic rings. The summed E-state index contributed by atoms with van der Waals surface area (Å²) >= 11 is 0. The Morgan fingerprint density at radius 2 is 1.62 bits per heavy atom. The summed E-state index contributed by atoms with van der Waals surface area (Å²) in [5.74, 6) is -1.51. The fourth-order valence-electron chi connectivity index (χ4n) is 2.32. The summed E-state index contributed by atoms with van der Waals surface area (Å²) < 4.78 is 0. The van der Waals surface area contributed by atoms with E-state index >= 15 is 0 Å². The van der Waals surface area contributed by atoms with E-state index in [0.717, 1.165) is 0 Å². The third-order valence-electron chi connectivity index (χ3n) is 3.68. The van der Waals surface area contributed by atoms with Gasteiger partial charge in [-0.2, -0.15) is 0 Å². The first-order chi connectivity index (χ1) is 12.5. The van der Waals surface area contributed by atoms with Crippen molar-refractivity contribution in [1.29, 1.82) is 0 Å². The number of anilines is 1. The summed E-state index contributed by atoms with van der Waals surface area (Å²) in [6.45, 7) is 3.35. The van der Waals surface area contributed by atoms with Gasteiger partial charge in [0.15, 0.2) is 5.78 Å². The average molecular weight is 352 g/mol. The quantitative estimate of drug-likeness (QED) is 0.476. The second kappa shape index (κ2) is 9.29. The molecule has 0 aliphatic heterocycles. The lowest BCUT2D eigenvalue weighted by Crippen LogP contribution is -2.40. The Hall–Kier alpha value is -3.25. The zero-order valence-corrected chi connectivity index (χ0v) is 14.1. The van der Waals surface area contributed by atoms with Crippen LogP contribution in [0.4, 0.5) is 5.69 Å². The highest BCUT2D eigenvalue weighted by atomic mass is 16.4. The Balaban J connectivity index is 1.92. The molecule has 2 aromatic rings. The van der Waals surface area contributed by atoms with Crippen molar-refractivity contribution in [2.45, 2.75) is 12.5 Å². The number of hydrogen-bond acceptors (Lipinski definition) is 4. The molecule has 1 atom stereocenters. The molecule has 2 aromatic carbocycles. The molecule has 0 spiro atoms. The molecule has 0 fully saturated rings. The van der Waals surface area contributed by atoms with E-state index in [9.17, 15) is 14.4 Å². The molecule has 1 amide bonds. The highest BCUT2D eigenvalue weighted by Gasteiger charge is 2.16. The molecule has 0 heterocycles. The van der Waals surface area contributed by atoms with Gasteiger partial charge < -0.3 is 10.4 Å². The molecule has 0 saturated carbocycles. The molecule has 1 unspecified atom stereocenters. The van der Waals surface area contributed by atoms with E-state index in [0.29, 0.717) is 16.8 Å². The summed E-state index contributed by atoms with van der Waals surface area (Å²) in [7, 11) is 0. The van der Waals surface area contributed by atoms with Crippen molar-refractivity contribution in [3.05, 3.63) is 78.4 Å². The Bertz CT molecular complexity index is 785. The topological polar surface area (TPSA) is 95.5 Å². The molecular weight excluding hydrogens is 332 g/mol. The number of nitrogens with one attached hydrogen (secondary N) is 2. The first kappa shape index (κ1) is 19.1. The highest BCUT2D eigenvalue weighted by molar-refractivity contribution is 6.09. The van der Waals surface area contributed by atoms with Crippen LogP contribution in [0.5, 0.6) is 0 Å². The third kappa shape index (κ3) is 5.39. The van der Waals surface area contributed by atoms with Crippen molar-refractivity contribution in [3.63, 3.8) is 0 Å². The van der Waals surface area contributed by atoms with Crippen LogP contribution < -0.4 is 10.6 Å². The highest BCUT2D eigenvalue weighted by Crippen LogP contribution is 2.13. The molecule has 6 nitrogen and oxygen atoms in total. The van der Waals surface area contributed by atoms with Crippen molar-refractivity contribution in [2.24, 2.45) is 0 Å². The van der Waals surface area contributed by atoms with Crippen molar-refractivity contribution in [3.8, 4) is 0 Å². The van der Waals surface area contributed by atoms with E-state index in [4.69, 9.17) is 5.11 Å². The van der Waals surface area contributed by atoms with Gasteiger partial charge in [0.05, 0.1) is 6.54 Å². The minimum absolute atomic E-state index is 0.0983. The predicted octanol–water partition coefficient (Wildman–Crippen LogP) is 2.48. The van der Waals surface area contributed by atoms with Gasteiger partial charge in [-0.3, -0.25) is 19.7 Å². The van der Waals surface area contributed by atoms with Crippen LogP contribution in [0.25, 0.3) is 0 Å². The molecular formula is C20H20N2O4. The van der Waals surface area contributed by atoms with Crippen LogP contribution in [0, 0.1) is 0 Å². The Labute approximate surface area is 151 Å². The summed E-state index contributed by atoms with van der Waals surface area (Å²) in [4.78, 5) is 35.3. The smallest absolute Gasteiger partial charge is 0.321 e. The maximum atomic E-state index is 12.3. The molecule has 0 saturated heterocycles. The number of carbonyl (C=O) groups is 3. The zero-order valence-electron chi connectivity index (χ0n) is 14.1. The number of carboxylic acids is 1. The van der Waals surface area contributed by atoms with E-state index in [2.05, 4.69) is 17.2 Å². The number of amides is 1. The van der Waals surface area contributed by atoms with Crippen LogP contribution in [0.2, 0.25) is 0 Å². The summed E-state index contributed by atoms with van der Waals surface area (Å²) in [5, 5.41) is 14.3. The second-order valence-corrected chi connectivity index (χ2v) is 5.62. The van der Waals surface area contributed by atoms with Gasteiger partial charge in [0.1, 0.15) is 6.04 Å². The summed E-state index contributed by atoms with van der Waals surface area (Å²) in [6.07, 6.45) is 1.70. The molecule has 134 valence electrons. The number of carboxylic acid groups (broad SMARTS) is 1. The molecule has 3 N–H and O–H groups in total. The van der Waals surface area contributed by atoms with Crippen LogP contribution in [0.15, 0.2) is 67.3 Å². The predicted molar refractivity (Wildman–Crippen MR) is 99.2 cm³/mol. The van der Waals surface area contributed by atoms with Gasteiger partial charge in [-0.25, -0.2) is 0 Å². The number of carbonyl (C=O) groups excluding carboxylic acids is 2. The van der Waals surface area contributed by atoms with E-state index in [1.165, 1.54) is 6.08 Å². The van der Waals surface area contributed by atoms with Gasteiger partial charge >= 0.3 is 5.97 Å². The van der Waals surface area contributed by atoms with Crippen molar-refractivity contribution >= 4 is 23.3 Å². The fourth-order valence-corrected chi connectivity index (χ4v) is 2.32. The van der Waals surface area contributed by atoms with Crippen LogP contribution in [0.3, 0.4) is 0 Å². The van der Waals surface area contributed by atoms with Gasteiger partial charge in [0, 0.05) is 16.8 Å². The molecule has 0 radical (unpaired) electrons. The third-order valence-corrected chi connectivity index (χ3v) is 3.68. The largest absolute Gasteiger partial charge is 0.480 e. The Kier molecular flexibility index (Phi) is 6.82. The molecule has 0 bridgehead atoms. The number of benzene rings is 2. The standard InChI is InChI=1S/C20H20N2O4/c1-2-6-17(20(25)26)21-13-18(23)22-16-11-9-15(10-12-16)19(24)14-7-4-3-5-8-14/h2-5,7-12,17,21H,1,6,13H2,(H,22,23)(H,25,26). The van der Waals surface area contributed by atoms with Crippen molar-refractivity contribution in [1.82, 2.24) is 5.32 Å². The van der Waals surface area contributed by atoms with Crippen LogP contribution in [0.1, 0.15) is 22.3 Å². The number of hydrogen-bond donors (Lipinski definition) is 3. The molecule has 0 aliphatic carbocycles. The maximum Gasteiger partial charge on any atom is 0.321 e. The van der Waals surface area contributed by atoms with E-state index < -0.39 is 12.0 Å². The lowest BCUT2D eigenvalue weighted by atomic mass is 10.0. The van der Waals surface area contributed by atoms with E-state index in [-0.39, 0.29) is 24.7 Å². The average Bonchev–Trinajstić information content (AvgIpc) is 2.65. The first-order valence-corrected chi connectivity index (χ1v) is 8.08. The Morgan fingerprint density at radius 1 is 1.00 bits per heavy atom. The fraction of sp³-hybridized carbons (Fsp3) is 0.150. The lowest BCUT2D eigenvalue weighted by molar-refractivity contribution is -0.139. The normalized spacial score (nSPS) is 11.4. The number of rotatable bonds is 9. The summed E-state index contributed by atoms with van der Waals surface area (Å²) in [6, 6.07) is 14.6. The number of ketones is 1. The van der Waals surface area contributed by atoms with E-state index in [1.54, 1.807) is 48.5 Å². The van der Waals surface area contributed by atoms with Crippen molar-refractivity contribution in [2.75, 3.05) is 11.9 Å². The molecule has 2 rings (SSSR count). The molecule has 26 heavy (non-hydrogen) atoms. The van der Waals surface area contributed by atoms with E-state index in [1.807, 2.05) is 6.07 Å². The van der Waals surface area contributed by atoms with Crippen molar-refractivity contribution < 1.29 is 19.5 Å². The van der Waals surface area contributed by atoms with Gasteiger partial charge in [-0.15, -0.1) is 6.58 Å².